The molecule has 1 aliphatic rings. The summed E-state index contributed by atoms with van der Waals surface area (Å²) in [5.41, 5.74) is 0.903. The first-order valence-electron chi connectivity index (χ1n) is 6.48. The highest BCUT2D eigenvalue weighted by molar-refractivity contribution is 6.30. The standard InChI is InChI=1S/C14H14ClN3O2/c15-9-3-1-4-10(7-9)17-13(19)12-8-20-14(18-12)11-5-2-6-16-11/h1,3-4,7-8,11,16H,2,5-6H2,(H,17,19). The molecule has 0 radical (unpaired) electrons. The molecule has 0 aliphatic carbocycles. The smallest absolute Gasteiger partial charge is 0.277 e. The third kappa shape index (κ3) is 2.84. The van der Waals surface area contributed by atoms with E-state index in [1.165, 1.54) is 6.26 Å². The topological polar surface area (TPSA) is 67.2 Å². The van der Waals surface area contributed by atoms with Crippen LogP contribution >= 0.6 is 11.6 Å². The summed E-state index contributed by atoms with van der Waals surface area (Å²) in [7, 11) is 0. The Bertz CT molecular complexity index is 620. The summed E-state index contributed by atoms with van der Waals surface area (Å²) >= 11 is 5.87. The van der Waals surface area contributed by atoms with Gasteiger partial charge in [-0.1, -0.05) is 17.7 Å². The van der Waals surface area contributed by atoms with Crippen LogP contribution in [-0.4, -0.2) is 17.4 Å². The van der Waals surface area contributed by atoms with Crippen LogP contribution < -0.4 is 10.6 Å². The zero-order valence-corrected chi connectivity index (χ0v) is 11.5. The van der Waals surface area contributed by atoms with Crippen molar-refractivity contribution >= 4 is 23.2 Å². The van der Waals surface area contributed by atoms with Crippen LogP contribution in [0.2, 0.25) is 5.02 Å². The van der Waals surface area contributed by atoms with Gasteiger partial charge in [0, 0.05) is 10.7 Å². The van der Waals surface area contributed by atoms with E-state index in [-0.39, 0.29) is 17.6 Å². The Morgan fingerprint density at radius 2 is 2.40 bits per heavy atom. The second-order valence-corrected chi connectivity index (χ2v) is 5.12. The molecule has 1 atom stereocenters. The molecule has 1 aromatic carbocycles. The maximum atomic E-state index is 12.1. The molecule has 5 nitrogen and oxygen atoms in total. The molecule has 0 saturated carbocycles. The molecule has 1 unspecified atom stereocenters. The van der Waals surface area contributed by atoms with E-state index in [1.807, 2.05) is 0 Å². The predicted molar refractivity (Wildman–Crippen MR) is 75.9 cm³/mol. The van der Waals surface area contributed by atoms with Gasteiger partial charge >= 0.3 is 0 Å². The number of nitrogens with zero attached hydrogens (tertiary/aromatic N) is 1. The molecule has 20 heavy (non-hydrogen) atoms. The van der Waals surface area contributed by atoms with Crippen molar-refractivity contribution < 1.29 is 9.21 Å². The highest BCUT2D eigenvalue weighted by atomic mass is 35.5. The molecule has 1 fully saturated rings. The van der Waals surface area contributed by atoms with Crippen LogP contribution in [-0.2, 0) is 0 Å². The number of amides is 1. The van der Waals surface area contributed by atoms with Gasteiger partial charge in [-0.2, -0.15) is 0 Å². The Morgan fingerprint density at radius 1 is 1.50 bits per heavy atom. The van der Waals surface area contributed by atoms with Crippen molar-refractivity contribution in [2.24, 2.45) is 0 Å². The highest BCUT2D eigenvalue weighted by Gasteiger charge is 2.22. The SMILES string of the molecule is O=C(Nc1cccc(Cl)c1)c1coc(C2CCCN2)n1. The minimum Gasteiger partial charge on any atom is -0.446 e. The molecule has 0 spiro atoms. The first kappa shape index (κ1) is 13.1. The number of benzene rings is 1. The normalized spacial score (nSPS) is 18.1. The van der Waals surface area contributed by atoms with E-state index in [4.69, 9.17) is 16.0 Å². The molecule has 0 bridgehead atoms. The van der Waals surface area contributed by atoms with E-state index >= 15 is 0 Å². The maximum absolute atomic E-state index is 12.1. The average Bonchev–Trinajstić information content (AvgIpc) is 3.10. The maximum Gasteiger partial charge on any atom is 0.277 e. The lowest BCUT2D eigenvalue weighted by Gasteiger charge is -2.04. The lowest BCUT2D eigenvalue weighted by Crippen LogP contribution is -2.15. The molecule has 2 aromatic rings. The van der Waals surface area contributed by atoms with Crippen molar-refractivity contribution in [3.05, 3.63) is 47.1 Å². The monoisotopic (exact) mass is 291 g/mol. The van der Waals surface area contributed by atoms with Gasteiger partial charge in [-0.05, 0) is 37.6 Å². The molecule has 6 heteroatoms. The summed E-state index contributed by atoms with van der Waals surface area (Å²) in [5.74, 6) is 0.263. The minimum atomic E-state index is -0.305. The molecule has 104 valence electrons. The first-order chi connectivity index (χ1) is 9.72. The molecule has 2 N–H and O–H groups in total. The zero-order chi connectivity index (χ0) is 13.9. The van der Waals surface area contributed by atoms with Crippen molar-refractivity contribution in [2.45, 2.75) is 18.9 Å². The van der Waals surface area contributed by atoms with Gasteiger partial charge in [0.1, 0.15) is 6.26 Å². The average molecular weight is 292 g/mol. The molecular formula is C14H14ClN3O2. The number of oxazole rings is 1. The van der Waals surface area contributed by atoms with E-state index in [1.54, 1.807) is 24.3 Å². The lowest BCUT2D eigenvalue weighted by atomic mass is 10.2. The fourth-order valence-electron chi connectivity index (χ4n) is 2.21. The van der Waals surface area contributed by atoms with Crippen molar-refractivity contribution in [3.63, 3.8) is 0 Å². The predicted octanol–water partition coefficient (Wildman–Crippen LogP) is 3.00. The molecule has 1 aromatic heterocycles. The number of hydrogen-bond donors (Lipinski definition) is 2. The number of carbonyl (C=O) groups excluding carboxylic acids is 1. The largest absolute Gasteiger partial charge is 0.446 e. The summed E-state index contributed by atoms with van der Waals surface area (Å²) < 4.78 is 5.37. The number of halogens is 1. The fraction of sp³-hybridized carbons (Fsp3) is 0.286. The Kier molecular flexibility index (Phi) is 3.71. The summed E-state index contributed by atoms with van der Waals surface area (Å²) in [6, 6.07) is 7.08. The number of rotatable bonds is 3. The molecule has 2 heterocycles. The van der Waals surface area contributed by atoms with Gasteiger partial charge in [0.15, 0.2) is 5.69 Å². The molecule has 1 aliphatic heterocycles. The summed E-state index contributed by atoms with van der Waals surface area (Å²) in [5, 5.41) is 6.58. The van der Waals surface area contributed by atoms with Gasteiger partial charge < -0.3 is 15.1 Å². The summed E-state index contributed by atoms with van der Waals surface area (Å²) in [6.07, 6.45) is 3.46. The highest BCUT2D eigenvalue weighted by Crippen LogP contribution is 2.22. The second-order valence-electron chi connectivity index (χ2n) is 4.68. The van der Waals surface area contributed by atoms with E-state index in [9.17, 15) is 4.79 Å². The van der Waals surface area contributed by atoms with Gasteiger partial charge in [-0.3, -0.25) is 4.79 Å². The minimum absolute atomic E-state index is 0.114. The van der Waals surface area contributed by atoms with Crippen LogP contribution in [0.3, 0.4) is 0 Å². The Labute approximate surface area is 121 Å². The van der Waals surface area contributed by atoms with Crippen molar-refractivity contribution in [3.8, 4) is 0 Å². The quantitative estimate of drug-likeness (QED) is 0.912. The Balaban J connectivity index is 1.71. The summed E-state index contributed by atoms with van der Waals surface area (Å²) in [4.78, 5) is 16.3. The Hall–Kier alpha value is -1.85. The van der Waals surface area contributed by atoms with Gasteiger partial charge in [-0.15, -0.1) is 0 Å². The third-order valence-electron chi connectivity index (χ3n) is 3.20. The van der Waals surface area contributed by atoms with Crippen molar-refractivity contribution in [1.82, 2.24) is 10.3 Å². The van der Waals surface area contributed by atoms with E-state index in [0.29, 0.717) is 16.6 Å². The molecular weight excluding hydrogens is 278 g/mol. The number of hydrogen-bond acceptors (Lipinski definition) is 4. The van der Waals surface area contributed by atoms with Gasteiger partial charge in [0.05, 0.1) is 6.04 Å². The Morgan fingerprint density at radius 3 is 3.15 bits per heavy atom. The van der Waals surface area contributed by atoms with Crippen molar-refractivity contribution in [2.75, 3.05) is 11.9 Å². The molecule has 1 amide bonds. The van der Waals surface area contributed by atoms with Crippen LogP contribution in [0.5, 0.6) is 0 Å². The van der Waals surface area contributed by atoms with Crippen LogP contribution in [0, 0.1) is 0 Å². The van der Waals surface area contributed by atoms with E-state index in [2.05, 4.69) is 15.6 Å². The van der Waals surface area contributed by atoms with E-state index in [0.717, 1.165) is 19.4 Å². The van der Waals surface area contributed by atoms with Crippen LogP contribution in [0.15, 0.2) is 34.9 Å². The van der Waals surface area contributed by atoms with Crippen LogP contribution in [0.1, 0.15) is 35.3 Å². The first-order valence-corrected chi connectivity index (χ1v) is 6.86. The second kappa shape index (κ2) is 5.64. The van der Waals surface area contributed by atoms with Gasteiger partial charge in [0.2, 0.25) is 5.89 Å². The summed E-state index contributed by atoms with van der Waals surface area (Å²) in [6.45, 7) is 0.955. The third-order valence-corrected chi connectivity index (χ3v) is 3.43. The number of anilines is 1. The van der Waals surface area contributed by atoms with Gasteiger partial charge in [0.25, 0.3) is 5.91 Å². The number of aromatic nitrogens is 1. The number of carbonyl (C=O) groups is 1. The van der Waals surface area contributed by atoms with Gasteiger partial charge in [-0.25, -0.2) is 4.98 Å². The zero-order valence-electron chi connectivity index (χ0n) is 10.7. The van der Waals surface area contributed by atoms with Crippen LogP contribution in [0.4, 0.5) is 5.69 Å². The van der Waals surface area contributed by atoms with E-state index < -0.39 is 0 Å². The number of nitrogens with one attached hydrogen (secondary N) is 2. The molecule has 3 rings (SSSR count). The lowest BCUT2D eigenvalue weighted by molar-refractivity contribution is 0.102. The van der Waals surface area contributed by atoms with Crippen molar-refractivity contribution in [1.29, 1.82) is 0 Å². The molecule has 1 saturated heterocycles. The van der Waals surface area contributed by atoms with Crippen LogP contribution in [0.25, 0.3) is 0 Å². The fourth-order valence-corrected chi connectivity index (χ4v) is 2.40.